The first kappa shape index (κ1) is 25.5. The lowest BCUT2D eigenvalue weighted by atomic mass is 9.99. The number of fused-ring (bicyclic) bond motifs is 5. The number of H-pyrrole nitrogens is 1. The fraction of sp³-hybridized carbons (Fsp3) is 0.333. The molecule has 0 saturated carbocycles. The summed E-state index contributed by atoms with van der Waals surface area (Å²) in [6.45, 7) is 5.10. The zero-order valence-electron chi connectivity index (χ0n) is 23.0. The number of carboxylic acid groups (broad SMARTS) is 1. The molecule has 0 amide bonds. The largest absolute Gasteiger partial charge is 0.477 e. The smallest absolute Gasteiger partial charge is 0.341 e. The van der Waals surface area contributed by atoms with Crippen molar-refractivity contribution in [2.45, 2.75) is 25.9 Å². The average molecular weight is 556 g/mol. The van der Waals surface area contributed by atoms with Gasteiger partial charge in [0, 0.05) is 74.4 Å². The van der Waals surface area contributed by atoms with Gasteiger partial charge in [0.05, 0.1) is 27.7 Å². The topological polar surface area (TPSA) is 119 Å². The Hall–Kier alpha value is -4.51. The Labute approximate surface area is 234 Å². The first-order valence-corrected chi connectivity index (χ1v) is 13.8. The van der Waals surface area contributed by atoms with Gasteiger partial charge in [0.25, 0.3) is 0 Å². The number of hydrogen-bond acceptors (Lipinski definition) is 7. The van der Waals surface area contributed by atoms with E-state index in [1.807, 2.05) is 6.92 Å². The molecular formula is C30H30FN7O3. The molecule has 2 atom stereocenters. The molecule has 11 heteroatoms. The van der Waals surface area contributed by atoms with Gasteiger partial charge in [-0.15, -0.1) is 0 Å². The first-order valence-electron chi connectivity index (χ1n) is 13.8. The van der Waals surface area contributed by atoms with E-state index >= 15 is 0 Å². The van der Waals surface area contributed by atoms with E-state index in [9.17, 15) is 19.1 Å². The normalized spacial score (nSPS) is 19.1. The number of aromatic nitrogens is 4. The number of carbonyl (C=O) groups is 1. The van der Waals surface area contributed by atoms with Crippen molar-refractivity contribution in [3.63, 3.8) is 0 Å². The van der Waals surface area contributed by atoms with Gasteiger partial charge in [-0.3, -0.25) is 4.79 Å². The number of aromatic carboxylic acids is 1. The van der Waals surface area contributed by atoms with Crippen LogP contribution in [0.1, 0.15) is 23.7 Å². The number of likely N-dealkylation sites (N-methyl/N-ethyl adjacent to an activating group) is 1. The standard InChI is InChI=1S/C30H30FN7O3/c1-4-37-13-21(30(40)41)27(39)19-7-16(10-34-29(19)37)20-11-33-28-24(18-8-17(31)9-22(32-2)25(18)35-28)26(20)38-6-5-15-12-36(3)14-23(15)38/h7-11,13,15,23,32H,4-6,12,14H2,1-3H3,(H,33,35)(H,40,41). The highest BCUT2D eigenvalue weighted by molar-refractivity contribution is 6.18. The molecule has 210 valence electrons. The third-order valence-electron chi connectivity index (χ3n) is 8.75. The molecule has 2 aliphatic rings. The number of aromatic amines is 1. The number of pyridine rings is 3. The molecule has 2 aliphatic heterocycles. The van der Waals surface area contributed by atoms with Gasteiger partial charge in [0.1, 0.15) is 22.7 Å². The van der Waals surface area contributed by atoms with Crippen LogP contribution in [0.25, 0.3) is 44.1 Å². The number of aryl methyl sites for hydroxylation is 1. The highest BCUT2D eigenvalue weighted by Gasteiger charge is 2.41. The van der Waals surface area contributed by atoms with Gasteiger partial charge in [-0.2, -0.15) is 0 Å². The second kappa shape index (κ2) is 9.27. The summed E-state index contributed by atoms with van der Waals surface area (Å²) in [5.41, 5.74) is 3.94. The fourth-order valence-electron chi connectivity index (χ4n) is 6.88. The van der Waals surface area contributed by atoms with Crippen LogP contribution >= 0.6 is 0 Å². The lowest BCUT2D eigenvalue weighted by Gasteiger charge is -2.29. The molecule has 0 bridgehead atoms. The Morgan fingerprint density at radius 3 is 2.78 bits per heavy atom. The summed E-state index contributed by atoms with van der Waals surface area (Å²) < 4.78 is 16.6. The first-order chi connectivity index (χ1) is 19.8. The van der Waals surface area contributed by atoms with E-state index in [0.717, 1.165) is 53.6 Å². The number of hydrogen-bond donors (Lipinski definition) is 3. The maximum atomic E-state index is 14.9. The number of benzene rings is 1. The average Bonchev–Trinajstić information content (AvgIpc) is 3.64. The van der Waals surface area contributed by atoms with Crippen LogP contribution in [0, 0.1) is 11.7 Å². The second-order valence-electron chi connectivity index (χ2n) is 11.1. The van der Waals surface area contributed by atoms with Gasteiger partial charge in [0.2, 0.25) is 5.43 Å². The van der Waals surface area contributed by atoms with Crippen LogP contribution in [0.2, 0.25) is 0 Å². The van der Waals surface area contributed by atoms with Crippen LogP contribution in [0.15, 0.2) is 41.6 Å². The van der Waals surface area contributed by atoms with Crippen molar-refractivity contribution in [2.24, 2.45) is 5.92 Å². The van der Waals surface area contributed by atoms with Crippen LogP contribution in [-0.4, -0.2) is 75.3 Å². The fourth-order valence-corrected chi connectivity index (χ4v) is 6.88. The number of carboxylic acids is 1. The molecule has 2 saturated heterocycles. The lowest BCUT2D eigenvalue weighted by molar-refractivity contribution is 0.0695. The van der Waals surface area contributed by atoms with Gasteiger partial charge in [-0.05, 0) is 44.5 Å². The number of anilines is 2. The van der Waals surface area contributed by atoms with Gasteiger partial charge in [-0.1, -0.05) is 0 Å². The van der Waals surface area contributed by atoms with Crippen LogP contribution in [0.5, 0.6) is 0 Å². The van der Waals surface area contributed by atoms with Gasteiger partial charge < -0.3 is 29.8 Å². The highest BCUT2D eigenvalue weighted by Crippen LogP contribution is 2.46. The molecule has 0 aliphatic carbocycles. The van der Waals surface area contributed by atoms with Crippen LogP contribution in [0.3, 0.4) is 0 Å². The van der Waals surface area contributed by atoms with Crippen molar-refractivity contribution in [1.82, 2.24) is 24.4 Å². The van der Waals surface area contributed by atoms with Crippen molar-refractivity contribution < 1.29 is 14.3 Å². The van der Waals surface area contributed by atoms with Gasteiger partial charge >= 0.3 is 5.97 Å². The summed E-state index contributed by atoms with van der Waals surface area (Å²) in [4.78, 5) is 42.7. The molecule has 10 nitrogen and oxygen atoms in total. The molecule has 4 aromatic heterocycles. The van der Waals surface area contributed by atoms with E-state index < -0.39 is 11.4 Å². The van der Waals surface area contributed by atoms with E-state index in [1.165, 1.54) is 18.3 Å². The molecule has 2 fully saturated rings. The van der Waals surface area contributed by atoms with Crippen molar-refractivity contribution in [1.29, 1.82) is 0 Å². The Balaban J connectivity index is 1.55. The maximum Gasteiger partial charge on any atom is 0.341 e. The minimum atomic E-state index is -1.28. The lowest BCUT2D eigenvalue weighted by Crippen LogP contribution is -2.35. The molecule has 6 heterocycles. The number of nitrogens with zero attached hydrogens (tertiary/aromatic N) is 5. The molecule has 41 heavy (non-hydrogen) atoms. The highest BCUT2D eigenvalue weighted by atomic mass is 19.1. The zero-order valence-corrected chi connectivity index (χ0v) is 23.0. The summed E-state index contributed by atoms with van der Waals surface area (Å²) in [6, 6.07) is 4.99. The summed E-state index contributed by atoms with van der Waals surface area (Å²) >= 11 is 0. The Morgan fingerprint density at radius 1 is 1.20 bits per heavy atom. The molecule has 1 aromatic carbocycles. The SMILES string of the molecule is CCn1cc(C(=O)O)c(=O)c2cc(-c3cnc4[nH]c5c(NC)cc(F)cc5c4c3N3CCC4CN(C)CC43)cnc21. The monoisotopic (exact) mass is 555 g/mol. The van der Waals surface area contributed by atoms with Crippen LogP contribution in [-0.2, 0) is 6.54 Å². The number of halogens is 1. The van der Waals surface area contributed by atoms with Crippen LogP contribution in [0.4, 0.5) is 15.8 Å². The molecule has 5 aromatic rings. The Bertz CT molecular complexity index is 1950. The number of likely N-dealkylation sites (tertiary alicyclic amines) is 1. The predicted octanol–water partition coefficient (Wildman–Crippen LogP) is 4.13. The third-order valence-corrected chi connectivity index (χ3v) is 8.75. The molecular weight excluding hydrogens is 525 g/mol. The van der Waals surface area contributed by atoms with Crippen molar-refractivity contribution >= 4 is 50.3 Å². The van der Waals surface area contributed by atoms with E-state index in [-0.39, 0.29) is 22.8 Å². The van der Waals surface area contributed by atoms with Crippen molar-refractivity contribution in [2.75, 3.05) is 43.9 Å². The van der Waals surface area contributed by atoms with Crippen molar-refractivity contribution in [3.05, 3.63) is 58.4 Å². The van der Waals surface area contributed by atoms with E-state index in [0.29, 0.717) is 35.0 Å². The van der Waals surface area contributed by atoms with E-state index in [4.69, 9.17) is 4.98 Å². The molecule has 3 N–H and O–H groups in total. The van der Waals surface area contributed by atoms with E-state index in [1.54, 1.807) is 30.1 Å². The van der Waals surface area contributed by atoms with Gasteiger partial charge in [0.15, 0.2) is 0 Å². The van der Waals surface area contributed by atoms with Crippen molar-refractivity contribution in [3.8, 4) is 11.1 Å². The Morgan fingerprint density at radius 2 is 2.02 bits per heavy atom. The number of nitrogens with one attached hydrogen (secondary N) is 2. The minimum absolute atomic E-state index is 0.234. The Kier molecular flexibility index (Phi) is 5.75. The summed E-state index contributed by atoms with van der Waals surface area (Å²) in [7, 11) is 3.89. The maximum absolute atomic E-state index is 14.9. The predicted molar refractivity (Wildman–Crippen MR) is 157 cm³/mol. The minimum Gasteiger partial charge on any atom is -0.477 e. The third kappa shape index (κ3) is 3.79. The summed E-state index contributed by atoms with van der Waals surface area (Å²) in [5, 5.41) is 14.6. The molecule has 7 rings (SSSR count). The second-order valence-corrected chi connectivity index (χ2v) is 11.1. The van der Waals surface area contributed by atoms with Gasteiger partial charge in [-0.25, -0.2) is 19.2 Å². The quantitative estimate of drug-likeness (QED) is 0.296. The summed E-state index contributed by atoms with van der Waals surface area (Å²) in [5.74, 6) is -1.12. The summed E-state index contributed by atoms with van der Waals surface area (Å²) in [6.07, 6.45) is 5.87. The zero-order chi connectivity index (χ0) is 28.6. The van der Waals surface area contributed by atoms with E-state index in [2.05, 4.69) is 32.1 Å². The molecule has 0 radical (unpaired) electrons. The number of rotatable bonds is 5. The molecule has 2 unspecified atom stereocenters. The molecule has 0 spiro atoms. The van der Waals surface area contributed by atoms with Crippen LogP contribution < -0.4 is 15.6 Å².